The molecule has 0 aliphatic carbocycles. The Hall–Kier alpha value is -3.88. The SMILES string of the molecule is CCOC(=O)CCC(=O)NCCCCC(NC(=O)OCc1ccccc1)C(=O)N1CCC(Cc2ccccc2)CC1. The molecule has 0 spiro atoms. The fourth-order valence-corrected chi connectivity index (χ4v) is 4.93. The fraction of sp³-hybridized carbons (Fsp3) is 0.500. The molecule has 1 aliphatic rings. The predicted octanol–water partition coefficient (Wildman–Crippen LogP) is 4.39. The highest BCUT2D eigenvalue weighted by atomic mass is 16.5. The number of hydrogen-bond donors (Lipinski definition) is 2. The Morgan fingerprint density at radius 3 is 2.20 bits per heavy atom. The van der Waals surface area contributed by atoms with Crippen molar-refractivity contribution in [2.24, 2.45) is 5.92 Å². The van der Waals surface area contributed by atoms with Crippen molar-refractivity contribution in [2.45, 2.75) is 70.9 Å². The van der Waals surface area contributed by atoms with E-state index in [4.69, 9.17) is 9.47 Å². The van der Waals surface area contributed by atoms with Crippen molar-refractivity contribution in [2.75, 3.05) is 26.2 Å². The van der Waals surface area contributed by atoms with Crippen LogP contribution in [0.1, 0.15) is 63.0 Å². The molecular formula is C32H43N3O6. The van der Waals surface area contributed by atoms with Gasteiger partial charge in [-0.15, -0.1) is 0 Å². The molecule has 1 atom stereocenters. The van der Waals surface area contributed by atoms with Gasteiger partial charge in [-0.05, 0) is 62.5 Å². The smallest absolute Gasteiger partial charge is 0.408 e. The summed E-state index contributed by atoms with van der Waals surface area (Å²) in [6.07, 6.45) is 4.03. The van der Waals surface area contributed by atoms with Gasteiger partial charge in [-0.2, -0.15) is 0 Å². The molecule has 1 saturated heterocycles. The van der Waals surface area contributed by atoms with E-state index >= 15 is 0 Å². The van der Waals surface area contributed by atoms with Crippen LogP contribution in [0.3, 0.4) is 0 Å². The third kappa shape index (κ3) is 12.0. The lowest BCUT2D eigenvalue weighted by atomic mass is 9.90. The van der Waals surface area contributed by atoms with Crippen LogP contribution < -0.4 is 10.6 Å². The van der Waals surface area contributed by atoms with Crippen molar-refractivity contribution in [1.29, 1.82) is 0 Å². The Labute approximate surface area is 243 Å². The Morgan fingerprint density at radius 2 is 1.54 bits per heavy atom. The molecule has 222 valence electrons. The molecule has 1 unspecified atom stereocenters. The fourth-order valence-electron chi connectivity index (χ4n) is 4.93. The Balaban J connectivity index is 1.46. The van der Waals surface area contributed by atoms with Gasteiger partial charge in [-0.3, -0.25) is 14.4 Å². The molecule has 0 aromatic heterocycles. The number of benzene rings is 2. The van der Waals surface area contributed by atoms with Gasteiger partial charge in [0.2, 0.25) is 11.8 Å². The number of piperidine rings is 1. The molecule has 9 heteroatoms. The molecule has 3 amide bonds. The van der Waals surface area contributed by atoms with Crippen LogP contribution in [0.25, 0.3) is 0 Å². The number of amides is 3. The van der Waals surface area contributed by atoms with E-state index < -0.39 is 18.1 Å². The average molecular weight is 566 g/mol. The monoisotopic (exact) mass is 565 g/mol. The minimum Gasteiger partial charge on any atom is -0.466 e. The van der Waals surface area contributed by atoms with Crippen LogP contribution in [0.5, 0.6) is 0 Å². The van der Waals surface area contributed by atoms with Crippen LogP contribution in [0.4, 0.5) is 4.79 Å². The Kier molecular flexibility index (Phi) is 13.7. The summed E-state index contributed by atoms with van der Waals surface area (Å²) in [5, 5.41) is 5.59. The van der Waals surface area contributed by atoms with Crippen molar-refractivity contribution in [3.63, 3.8) is 0 Å². The lowest BCUT2D eigenvalue weighted by molar-refractivity contribution is -0.144. The number of hydrogen-bond acceptors (Lipinski definition) is 6. The van der Waals surface area contributed by atoms with E-state index in [2.05, 4.69) is 34.9 Å². The van der Waals surface area contributed by atoms with E-state index in [0.717, 1.165) is 24.8 Å². The van der Waals surface area contributed by atoms with Gasteiger partial charge in [0, 0.05) is 26.1 Å². The first-order valence-corrected chi connectivity index (χ1v) is 14.7. The zero-order valence-electron chi connectivity index (χ0n) is 24.0. The molecule has 41 heavy (non-hydrogen) atoms. The number of carbonyl (C=O) groups excluding carboxylic acids is 4. The minimum absolute atomic E-state index is 0.0489. The summed E-state index contributed by atoms with van der Waals surface area (Å²) >= 11 is 0. The molecule has 2 aromatic rings. The van der Waals surface area contributed by atoms with Crippen LogP contribution in [-0.4, -0.2) is 61.1 Å². The number of nitrogens with zero attached hydrogens (tertiary/aromatic N) is 1. The first-order chi connectivity index (χ1) is 19.9. The lowest BCUT2D eigenvalue weighted by Gasteiger charge is -2.34. The van der Waals surface area contributed by atoms with Gasteiger partial charge in [0.05, 0.1) is 13.0 Å². The van der Waals surface area contributed by atoms with Crippen molar-refractivity contribution in [1.82, 2.24) is 15.5 Å². The molecule has 0 radical (unpaired) electrons. The van der Waals surface area contributed by atoms with E-state index in [0.29, 0.717) is 51.4 Å². The molecule has 1 aliphatic heterocycles. The normalized spacial score (nSPS) is 14.1. The van der Waals surface area contributed by atoms with Crippen molar-refractivity contribution >= 4 is 23.9 Å². The largest absolute Gasteiger partial charge is 0.466 e. The maximum atomic E-state index is 13.5. The molecule has 0 saturated carbocycles. The summed E-state index contributed by atoms with van der Waals surface area (Å²) < 4.78 is 10.2. The number of carbonyl (C=O) groups is 4. The van der Waals surface area contributed by atoms with E-state index in [1.165, 1.54) is 5.56 Å². The van der Waals surface area contributed by atoms with Crippen LogP contribution in [0.15, 0.2) is 60.7 Å². The highest BCUT2D eigenvalue weighted by Crippen LogP contribution is 2.22. The highest BCUT2D eigenvalue weighted by Gasteiger charge is 2.29. The van der Waals surface area contributed by atoms with E-state index in [9.17, 15) is 19.2 Å². The number of nitrogens with one attached hydrogen (secondary N) is 2. The minimum atomic E-state index is -0.705. The zero-order chi connectivity index (χ0) is 29.3. The predicted molar refractivity (Wildman–Crippen MR) is 156 cm³/mol. The number of unbranched alkanes of at least 4 members (excludes halogenated alkanes) is 1. The molecular weight excluding hydrogens is 522 g/mol. The third-order valence-electron chi connectivity index (χ3n) is 7.20. The summed E-state index contributed by atoms with van der Waals surface area (Å²) in [5.41, 5.74) is 2.18. The summed E-state index contributed by atoms with van der Waals surface area (Å²) in [6, 6.07) is 19.1. The summed E-state index contributed by atoms with van der Waals surface area (Å²) in [6.45, 7) is 3.87. The van der Waals surface area contributed by atoms with Crippen LogP contribution >= 0.6 is 0 Å². The Bertz CT molecular complexity index is 1090. The van der Waals surface area contributed by atoms with E-state index in [1.54, 1.807) is 6.92 Å². The molecule has 1 fully saturated rings. The summed E-state index contributed by atoms with van der Waals surface area (Å²) in [5.74, 6) is -0.181. The third-order valence-corrected chi connectivity index (χ3v) is 7.20. The van der Waals surface area contributed by atoms with Gasteiger partial charge in [0.15, 0.2) is 0 Å². The molecule has 1 heterocycles. The number of esters is 1. The van der Waals surface area contributed by atoms with Crippen molar-refractivity contribution < 1.29 is 28.7 Å². The second-order valence-corrected chi connectivity index (χ2v) is 10.4. The average Bonchev–Trinajstić information content (AvgIpc) is 2.99. The van der Waals surface area contributed by atoms with Gasteiger partial charge in [0.1, 0.15) is 12.6 Å². The van der Waals surface area contributed by atoms with Gasteiger partial charge in [-0.1, -0.05) is 60.7 Å². The molecule has 9 nitrogen and oxygen atoms in total. The van der Waals surface area contributed by atoms with Crippen LogP contribution in [0, 0.1) is 5.92 Å². The number of ether oxygens (including phenoxy) is 2. The standard InChI is InChI=1S/C32H43N3O6/c1-2-40-30(37)17-16-29(36)33-20-10-9-15-28(34-32(39)41-24-27-13-7-4-8-14-27)31(38)35-21-18-26(19-22-35)23-25-11-5-3-6-12-25/h3-8,11-14,26,28H,2,9-10,15-24H2,1H3,(H,33,36)(H,34,39). The number of alkyl carbamates (subject to hydrolysis) is 1. The summed E-state index contributed by atoms with van der Waals surface area (Å²) in [4.78, 5) is 51.4. The number of likely N-dealkylation sites (tertiary alicyclic amines) is 1. The first-order valence-electron chi connectivity index (χ1n) is 14.7. The van der Waals surface area contributed by atoms with Crippen LogP contribution in [0.2, 0.25) is 0 Å². The second kappa shape index (κ2) is 17.7. The van der Waals surface area contributed by atoms with Gasteiger partial charge >= 0.3 is 12.1 Å². The zero-order valence-corrected chi connectivity index (χ0v) is 24.0. The van der Waals surface area contributed by atoms with Gasteiger partial charge in [-0.25, -0.2) is 4.79 Å². The molecule has 2 N–H and O–H groups in total. The maximum Gasteiger partial charge on any atom is 0.408 e. The topological polar surface area (TPSA) is 114 Å². The van der Waals surface area contributed by atoms with Crippen molar-refractivity contribution in [3.05, 3.63) is 71.8 Å². The molecule has 3 rings (SSSR count). The second-order valence-electron chi connectivity index (χ2n) is 10.4. The number of rotatable bonds is 15. The molecule has 0 bridgehead atoms. The van der Waals surface area contributed by atoms with Crippen LogP contribution in [-0.2, 0) is 36.9 Å². The van der Waals surface area contributed by atoms with Gasteiger partial charge in [0.25, 0.3) is 0 Å². The molecule has 2 aromatic carbocycles. The quantitative estimate of drug-likeness (QED) is 0.245. The summed E-state index contributed by atoms with van der Waals surface area (Å²) in [7, 11) is 0. The van der Waals surface area contributed by atoms with E-state index in [1.807, 2.05) is 41.3 Å². The van der Waals surface area contributed by atoms with Gasteiger partial charge < -0.3 is 25.0 Å². The Morgan fingerprint density at radius 1 is 0.878 bits per heavy atom. The van der Waals surface area contributed by atoms with Crippen molar-refractivity contribution in [3.8, 4) is 0 Å². The highest BCUT2D eigenvalue weighted by molar-refractivity contribution is 5.85. The lowest BCUT2D eigenvalue weighted by Crippen LogP contribution is -2.51. The maximum absolute atomic E-state index is 13.5. The first kappa shape index (κ1) is 31.6. The van der Waals surface area contributed by atoms with E-state index in [-0.39, 0.29) is 31.3 Å².